The van der Waals surface area contributed by atoms with Gasteiger partial charge < -0.3 is 10.1 Å². The van der Waals surface area contributed by atoms with Gasteiger partial charge in [0.05, 0.1) is 29.0 Å². The van der Waals surface area contributed by atoms with Gasteiger partial charge in [0.1, 0.15) is 11.4 Å². The number of ether oxygens (including phenoxy) is 1. The summed E-state index contributed by atoms with van der Waals surface area (Å²) in [5, 5.41) is 28.6. The molecule has 1 aliphatic heterocycles. The number of anilines is 1. The average molecular weight is 468 g/mol. The van der Waals surface area contributed by atoms with Gasteiger partial charge in [0.25, 0.3) is 11.4 Å². The molecule has 0 bridgehead atoms. The van der Waals surface area contributed by atoms with Crippen molar-refractivity contribution in [3.05, 3.63) is 94.7 Å². The van der Waals surface area contributed by atoms with E-state index in [1.807, 2.05) is 59.3 Å². The molecular formula is C26H23N6O3+. The van der Waals surface area contributed by atoms with Crippen LogP contribution in [0.4, 0.5) is 22.7 Å². The van der Waals surface area contributed by atoms with Crippen LogP contribution in [0.15, 0.2) is 89.1 Å². The first-order valence-electron chi connectivity index (χ1n) is 11.2. The Bertz CT molecular complexity index is 1390. The monoisotopic (exact) mass is 467 g/mol. The van der Waals surface area contributed by atoms with Crippen LogP contribution in [0.5, 0.6) is 5.75 Å². The molecular weight excluding hydrogens is 444 g/mol. The van der Waals surface area contributed by atoms with Crippen LogP contribution in [0.25, 0.3) is 16.9 Å². The van der Waals surface area contributed by atoms with E-state index in [4.69, 9.17) is 9.84 Å². The second-order valence-corrected chi connectivity index (χ2v) is 8.00. The van der Waals surface area contributed by atoms with E-state index in [0.717, 1.165) is 53.5 Å². The van der Waals surface area contributed by atoms with E-state index >= 15 is 0 Å². The van der Waals surface area contributed by atoms with E-state index in [2.05, 4.69) is 15.5 Å². The van der Waals surface area contributed by atoms with E-state index in [0.29, 0.717) is 11.4 Å². The Hall–Kier alpha value is -4.66. The predicted octanol–water partition coefficient (Wildman–Crippen LogP) is 5.72. The van der Waals surface area contributed by atoms with Crippen molar-refractivity contribution in [2.24, 2.45) is 10.2 Å². The fourth-order valence-electron chi connectivity index (χ4n) is 4.02. The van der Waals surface area contributed by atoms with E-state index in [1.54, 1.807) is 19.2 Å². The summed E-state index contributed by atoms with van der Waals surface area (Å²) < 4.78 is 7.22. The fourth-order valence-corrected chi connectivity index (χ4v) is 4.02. The Kier molecular flexibility index (Phi) is 6.13. The maximum Gasteiger partial charge on any atom is 0.275 e. The molecule has 0 radical (unpaired) electrons. The van der Waals surface area contributed by atoms with Crippen LogP contribution in [-0.4, -0.2) is 23.7 Å². The van der Waals surface area contributed by atoms with Gasteiger partial charge in [-0.1, -0.05) is 18.2 Å². The number of fused-ring (bicyclic) bond motifs is 1. The molecule has 4 aromatic rings. The molecule has 5 rings (SSSR count). The molecule has 1 N–H and O–H groups in total. The number of nitro groups is 1. The molecule has 3 aromatic carbocycles. The van der Waals surface area contributed by atoms with Gasteiger partial charge in [0.15, 0.2) is 5.69 Å². The summed E-state index contributed by atoms with van der Waals surface area (Å²) in [5.41, 5.74) is 5.54. The number of non-ortho nitro benzene ring substituents is 1. The molecule has 0 spiro atoms. The Morgan fingerprint density at radius 3 is 2.43 bits per heavy atom. The zero-order valence-electron chi connectivity index (χ0n) is 19.1. The molecule has 1 aromatic heterocycles. The summed E-state index contributed by atoms with van der Waals surface area (Å²) in [5.74, 6) is 0.758. The smallest absolute Gasteiger partial charge is 0.275 e. The molecule has 0 fully saturated rings. The molecule has 0 aliphatic carbocycles. The molecule has 9 nitrogen and oxygen atoms in total. The zero-order valence-corrected chi connectivity index (χ0v) is 19.1. The summed E-state index contributed by atoms with van der Waals surface area (Å²) in [7, 11) is 1.64. The molecule has 0 unspecified atom stereocenters. The van der Waals surface area contributed by atoms with Crippen molar-refractivity contribution >= 4 is 22.7 Å². The third-order valence-electron chi connectivity index (χ3n) is 5.76. The van der Waals surface area contributed by atoms with Gasteiger partial charge in [-0.05, 0) is 53.9 Å². The van der Waals surface area contributed by atoms with Gasteiger partial charge in [0, 0.05) is 35.9 Å². The number of nitro benzene ring substituents is 1. The van der Waals surface area contributed by atoms with Crippen molar-refractivity contribution in [3.63, 3.8) is 0 Å². The number of azo groups is 1. The number of hydrogen-bond acceptors (Lipinski definition) is 7. The first-order chi connectivity index (χ1) is 17.1. The minimum absolute atomic E-state index is 0.00855. The standard InChI is InChI=1S/C26H22N6O3/c1-35-22-15-13-20(14-16-22)31-26(18-6-3-2-4-7-18)25(24-23(30-31)8-5-17-27-24)29-28-19-9-11-21(12-10-19)32(33)34/h2-4,6-7,9-16H,5,8,17H2,1H3/p+1. The quantitative estimate of drug-likeness (QED) is 0.169. The second kappa shape index (κ2) is 9.68. The van der Waals surface area contributed by atoms with Crippen LogP contribution in [0.3, 0.4) is 0 Å². The zero-order chi connectivity index (χ0) is 24.2. The summed E-state index contributed by atoms with van der Waals surface area (Å²) in [6.07, 6.45) is 1.78. The van der Waals surface area contributed by atoms with Crippen LogP contribution in [0, 0.1) is 10.1 Å². The molecule has 0 saturated heterocycles. The van der Waals surface area contributed by atoms with E-state index < -0.39 is 4.92 Å². The highest BCUT2D eigenvalue weighted by atomic mass is 16.6. The summed E-state index contributed by atoms with van der Waals surface area (Å²) in [6.45, 7) is 0.815. The molecule has 0 saturated carbocycles. The fraction of sp³-hybridized carbons (Fsp3) is 0.154. The van der Waals surface area contributed by atoms with Gasteiger partial charge >= 0.3 is 0 Å². The van der Waals surface area contributed by atoms with Crippen LogP contribution in [0.2, 0.25) is 0 Å². The number of nitrogens with zero attached hydrogens (tertiary/aromatic N) is 5. The van der Waals surface area contributed by atoms with Crippen LogP contribution in [0.1, 0.15) is 12.1 Å². The Morgan fingerprint density at radius 1 is 1.00 bits per heavy atom. The van der Waals surface area contributed by atoms with Gasteiger partial charge in [-0.15, -0.1) is 5.11 Å². The molecule has 0 amide bonds. The minimum atomic E-state index is -0.435. The van der Waals surface area contributed by atoms with Crippen molar-refractivity contribution in [1.29, 1.82) is 0 Å². The van der Waals surface area contributed by atoms with E-state index in [1.165, 1.54) is 12.1 Å². The lowest BCUT2D eigenvalue weighted by molar-refractivity contribution is -0.648. The first kappa shape index (κ1) is 22.1. The molecule has 35 heavy (non-hydrogen) atoms. The average Bonchev–Trinajstić information content (AvgIpc) is 2.92. The number of methoxy groups -OCH3 is 1. The molecule has 174 valence electrons. The number of nitrogens with one attached hydrogen (secondary N) is 1. The van der Waals surface area contributed by atoms with Crippen LogP contribution >= 0.6 is 0 Å². The van der Waals surface area contributed by atoms with Gasteiger partial charge in [-0.3, -0.25) is 10.1 Å². The Labute approximate surface area is 201 Å². The largest absolute Gasteiger partial charge is 0.497 e. The number of rotatable bonds is 6. The van der Waals surface area contributed by atoms with Gasteiger partial charge in [0.2, 0.25) is 5.69 Å². The Morgan fingerprint density at radius 2 is 1.74 bits per heavy atom. The van der Waals surface area contributed by atoms with Crippen molar-refractivity contribution in [3.8, 4) is 22.7 Å². The third kappa shape index (κ3) is 4.56. The van der Waals surface area contributed by atoms with Gasteiger partial charge in [-0.2, -0.15) is 5.11 Å². The first-order valence-corrected chi connectivity index (χ1v) is 11.2. The van der Waals surface area contributed by atoms with Crippen molar-refractivity contribution < 1.29 is 14.3 Å². The molecule has 2 heterocycles. The predicted molar refractivity (Wildman–Crippen MR) is 132 cm³/mol. The van der Waals surface area contributed by atoms with Crippen LogP contribution < -0.4 is 14.7 Å². The maximum absolute atomic E-state index is 11.0. The highest BCUT2D eigenvalue weighted by Crippen LogP contribution is 2.39. The minimum Gasteiger partial charge on any atom is -0.497 e. The molecule has 9 heteroatoms. The highest BCUT2D eigenvalue weighted by molar-refractivity contribution is 5.81. The van der Waals surface area contributed by atoms with E-state index in [-0.39, 0.29) is 5.69 Å². The lowest BCUT2D eigenvalue weighted by Gasteiger charge is -2.18. The molecule has 0 atom stereocenters. The van der Waals surface area contributed by atoms with Crippen molar-refractivity contribution in [1.82, 2.24) is 5.10 Å². The maximum atomic E-state index is 11.0. The summed E-state index contributed by atoms with van der Waals surface area (Å²) in [6, 6.07) is 23.6. The third-order valence-corrected chi connectivity index (χ3v) is 5.76. The second-order valence-electron chi connectivity index (χ2n) is 8.00. The van der Waals surface area contributed by atoms with E-state index in [9.17, 15) is 10.1 Å². The van der Waals surface area contributed by atoms with Gasteiger partial charge in [-0.25, -0.2) is 0 Å². The topological polar surface area (TPSA) is 106 Å². The molecule has 1 aliphatic rings. The van der Waals surface area contributed by atoms with Crippen LogP contribution in [-0.2, 0) is 6.42 Å². The van der Waals surface area contributed by atoms with Crippen molar-refractivity contribution in [2.75, 3.05) is 19.0 Å². The summed E-state index contributed by atoms with van der Waals surface area (Å²) in [4.78, 5) is 10.6. The lowest BCUT2D eigenvalue weighted by Crippen LogP contribution is -2.40. The van der Waals surface area contributed by atoms with Crippen molar-refractivity contribution in [2.45, 2.75) is 12.8 Å². The normalized spacial score (nSPS) is 12.7. The Balaban J connectivity index is 1.71. The summed E-state index contributed by atoms with van der Waals surface area (Å²) >= 11 is 0. The SMILES string of the molecule is COc1ccc(-[n+]2nc3c(c(N=Nc4ccc([N+](=O)[O-])cc4)c2-c2ccccc2)NCCC3)cc1. The number of aryl methyl sites for hydroxylation is 1. The number of benzene rings is 3. The number of hydrogen-bond donors (Lipinski definition) is 1. The highest BCUT2D eigenvalue weighted by Gasteiger charge is 2.31. The lowest BCUT2D eigenvalue weighted by atomic mass is 10.0. The number of aromatic nitrogens is 2.